The topological polar surface area (TPSA) is 55.6 Å². The molecule has 2 aromatic rings. The van der Waals surface area contributed by atoms with Crippen molar-refractivity contribution in [2.75, 3.05) is 19.7 Å². The monoisotopic (exact) mass is 290 g/mol. The second-order valence-electron chi connectivity index (χ2n) is 5.40. The van der Waals surface area contributed by atoms with E-state index in [1.165, 1.54) is 15.0 Å². The smallest absolute Gasteiger partial charge is 0.250 e. The van der Waals surface area contributed by atoms with Gasteiger partial charge in [-0.15, -0.1) is 11.3 Å². The molecule has 3 rings (SSSR count). The number of thiophene rings is 1. The van der Waals surface area contributed by atoms with E-state index in [-0.39, 0.29) is 0 Å². The van der Waals surface area contributed by atoms with Crippen LogP contribution in [0.2, 0.25) is 0 Å². The summed E-state index contributed by atoms with van der Waals surface area (Å²) < 4.78 is 6.84. The third-order valence-corrected chi connectivity index (χ3v) is 4.83. The Morgan fingerprint density at radius 2 is 2.30 bits per heavy atom. The van der Waals surface area contributed by atoms with E-state index in [4.69, 9.17) is 10.5 Å². The molecule has 1 amide bonds. The third-order valence-electron chi connectivity index (χ3n) is 3.73. The molecule has 20 heavy (non-hydrogen) atoms. The zero-order valence-electron chi connectivity index (χ0n) is 11.5. The van der Waals surface area contributed by atoms with Crippen molar-refractivity contribution in [2.45, 2.75) is 19.1 Å². The fourth-order valence-corrected chi connectivity index (χ4v) is 3.68. The molecule has 0 bridgehead atoms. The predicted octanol–water partition coefficient (Wildman–Crippen LogP) is 1.98. The molecule has 0 aliphatic carbocycles. The maximum absolute atomic E-state index is 11.5. The predicted molar refractivity (Wildman–Crippen MR) is 80.7 cm³/mol. The SMILES string of the molecule is CC1(C(N)=O)CN(Cc2cc3ccccc3s2)CCO1. The number of ether oxygens (including phenoxy) is 1. The van der Waals surface area contributed by atoms with Crippen LogP contribution >= 0.6 is 11.3 Å². The molecule has 1 unspecified atom stereocenters. The minimum Gasteiger partial charge on any atom is -0.367 e. The number of hydrogen-bond donors (Lipinski definition) is 1. The molecule has 106 valence electrons. The highest BCUT2D eigenvalue weighted by Crippen LogP contribution is 2.27. The molecule has 5 heteroatoms. The first kappa shape index (κ1) is 13.5. The first-order valence-corrected chi connectivity index (χ1v) is 7.52. The van der Waals surface area contributed by atoms with Gasteiger partial charge in [-0.2, -0.15) is 0 Å². The van der Waals surface area contributed by atoms with E-state index in [0.29, 0.717) is 13.2 Å². The van der Waals surface area contributed by atoms with E-state index in [1.807, 2.05) is 0 Å². The van der Waals surface area contributed by atoms with Crippen LogP contribution in [0.15, 0.2) is 30.3 Å². The number of primary amides is 1. The van der Waals surface area contributed by atoms with Crippen molar-refractivity contribution in [3.63, 3.8) is 0 Å². The van der Waals surface area contributed by atoms with Crippen molar-refractivity contribution in [2.24, 2.45) is 5.73 Å². The van der Waals surface area contributed by atoms with Gasteiger partial charge in [-0.1, -0.05) is 18.2 Å². The molecule has 1 atom stereocenters. The Bertz CT molecular complexity index is 607. The van der Waals surface area contributed by atoms with Gasteiger partial charge >= 0.3 is 0 Å². The highest BCUT2D eigenvalue weighted by molar-refractivity contribution is 7.19. The first-order valence-electron chi connectivity index (χ1n) is 6.70. The largest absolute Gasteiger partial charge is 0.367 e. The van der Waals surface area contributed by atoms with E-state index in [1.54, 1.807) is 18.3 Å². The second kappa shape index (κ2) is 5.16. The number of fused-ring (bicyclic) bond motifs is 1. The van der Waals surface area contributed by atoms with Crippen LogP contribution in [0.4, 0.5) is 0 Å². The molecule has 1 fully saturated rings. The number of rotatable bonds is 3. The number of hydrogen-bond acceptors (Lipinski definition) is 4. The average Bonchev–Trinajstić information content (AvgIpc) is 2.80. The summed E-state index contributed by atoms with van der Waals surface area (Å²) in [6, 6.07) is 10.6. The van der Waals surface area contributed by atoms with Crippen molar-refractivity contribution in [1.29, 1.82) is 0 Å². The molecule has 0 spiro atoms. The van der Waals surface area contributed by atoms with Crippen molar-refractivity contribution in [1.82, 2.24) is 4.90 Å². The van der Waals surface area contributed by atoms with Gasteiger partial charge in [-0.05, 0) is 24.4 Å². The van der Waals surface area contributed by atoms with E-state index in [2.05, 4.69) is 35.2 Å². The Balaban J connectivity index is 1.75. The highest BCUT2D eigenvalue weighted by Gasteiger charge is 2.37. The van der Waals surface area contributed by atoms with Crippen LogP contribution in [-0.2, 0) is 16.1 Å². The number of nitrogens with two attached hydrogens (primary N) is 1. The number of amides is 1. The van der Waals surface area contributed by atoms with Gasteiger partial charge in [0.1, 0.15) is 0 Å². The molecule has 2 N–H and O–H groups in total. The van der Waals surface area contributed by atoms with Gasteiger partial charge in [0.15, 0.2) is 5.60 Å². The quantitative estimate of drug-likeness (QED) is 0.940. The molecule has 4 nitrogen and oxygen atoms in total. The summed E-state index contributed by atoms with van der Waals surface area (Å²) in [5.41, 5.74) is 4.56. The lowest BCUT2D eigenvalue weighted by molar-refractivity contribution is -0.153. The molecule has 1 saturated heterocycles. The van der Waals surface area contributed by atoms with Crippen LogP contribution < -0.4 is 5.73 Å². The lowest BCUT2D eigenvalue weighted by Crippen LogP contribution is -2.56. The van der Waals surface area contributed by atoms with E-state index in [9.17, 15) is 4.79 Å². The van der Waals surface area contributed by atoms with Crippen LogP contribution in [0.25, 0.3) is 10.1 Å². The van der Waals surface area contributed by atoms with E-state index >= 15 is 0 Å². The van der Waals surface area contributed by atoms with Crippen molar-refractivity contribution >= 4 is 27.3 Å². The Kier molecular flexibility index (Phi) is 3.50. The van der Waals surface area contributed by atoms with Crippen LogP contribution in [-0.4, -0.2) is 36.1 Å². The molecular weight excluding hydrogens is 272 g/mol. The summed E-state index contributed by atoms with van der Waals surface area (Å²) >= 11 is 1.80. The molecule has 1 aromatic carbocycles. The molecule has 2 heterocycles. The number of morpholine rings is 1. The third kappa shape index (κ3) is 2.57. The standard InChI is InChI=1S/C15H18N2O2S/c1-15(14(16)18)10-17(6-7-19-15)9-12-8-11-4-2-3-5-13(11)20-12/h2-5,8H,6-7,9-10H2,1H3,(H2,16,18). The lowest BCUT2D eigenvalue weighted by Gasteiger charge is -2.38. The maximum atomic E-state index is 11.5. The molecule has 0 radical (unpaired) electrons. The Morgan fingerprint density at radius 3 is 3.05 bits per heavy atom. The highest BCUT2D eigenvalue weighted by atomic mass is 32.1. The van der Waals surface area contributed by atoms with Crippen LogP contribution in [0.5, 0.6) is 0 Å². The Morgan fingerprint density at radius 1 is 1.50 bits per heavy atom. The van der Waals surface area contributed by atoms with E-state index in [0.717, 1.165) is 13.1 Å². The summed E-state index contributed by atoms with van der Waals surface area (Å²) in [4.78, 5) is 15.0. The molecule has 1 aromatic heterocycles. The number of nitrogens with zero attached hydrogens (tertiary/aromatic N) is 1. The summed E-state index contributed by atoms with van der Waals surface area (Å²) in [5.74, 6) is -0.390. The number of benzene rings is 1. The maximum Gasteiger partial charge on any atom is 0.250 e. The molecule has 1 aliphatic heterocycles. The second-order valence-corrected chi connectivity index (χ2v) is 6.57. The summed E-state index contributed by atoms with van der Waals surface area (Å²) in [5, 5.41) is 1.28. The minimum atomic E-state index is -0.866. The zero-order valence-corrected chi connectivity index (χ0v) is 12.3. The lowest BCUT2D eigenvalue weighted by atomic mass is 10.0. The fourth-order valence-electron chi connectivity index (χ4n) is 2.57. The Hall–Kier alpha value is -1.43. The molecular formula is C15H18N2O2S. The van der Waals surface area contributed by atoms with Crippen LogP contribution in [0.1, 0.15) is 11.8 Å². The molecule has 0 saturated carbocycles. The van der Waals surface area contributed by atoms with Gasteiger partial charge in [0.25, 0.3) is 5.91 Å². The summed E-state index contributed by atoms with van der Waals surface area (Å²) in [6.07, 6.45) is 0. The summed E-state index contributed by atoms with van der Waals surface area (Å²) in [6.45, 7) is 4.54. The van der Waals surface area contributed by atoms with E-state index < -0.39 is 11.5 Å². The fraction of sp³-hybridized carbons (Fsp3) is 0.400. The van der Waals surface area contributed by atoms with Gasteiger partial charge in [-0.25, -0.2) is 0 Å². The first-order chi connectivity index (χ1) is 9.57. The van der Waals surface area contributed by atoms with Gasteiger partial charge < -0.3 is 10.5 Å². The number of carbonyl (C=O) groups is 1. The minimum absolute atomic E-state index is 0.390. The van der Waals surface area contributed by atoms with Gasteiger partial charge in [-0.3, -0.25) is 9.69 Å². The summed E-state index contributed by atoms with van der Waals surface area (Å²) in [7, 11) is 0. The zero-order chi connectivity index (χ0) is 14.2. The molecule has 1 aliphatic rings. The van der Waals surface area contributed by atoms with Gasteiger partial charge in [0.2, 0.25) is 0 Å². The average molecular weight is 290 g/mol. The van der Waals surface area contributed by atoms with Gasteiger partial charge in [0.05, 0.1) is 6.61 Å². The van der Waals surface area contributed by atoms with Crippen LogP contribution in [0.3, 0.4) is 0 Å². The van der Waals surface area contributed by atoms with Gasteiger partial charge in [0, 0.05) is 29.2 Å². The Labute approximate surface area is 122 Å². The van der Waals surface area contributed by atoms with Crippen LogP contribution in [0, 0.1) is 0 Å². The van der Waals surface area contributed by atoms with Crippen molar-refractivity contribution in [3.05, 3.63) is 35.2 Å². The van der Waals surface area contributed by atoms with Crippen molar-refractivity contribution < 1.29 is 9.53 Å². The number of carbonyl (C=O) groups excluding carboxylic acids is 1. The van der Waals surface area contributed by atoms with Crippen molar-refractivity contribution in [3.8, 4) is 0 Å². The normalized spacial score (nSPS) is 24.1.